The van der Waals surface area contributed by atoms with Gasteiger partial charge in [0.15, 0.2) is 11.5 Å². The maximum atomic E-state index is 13.7. The molecular formula is C25H25N3O7. The van der Waals surface area contributed by atoms with Gasteiger partial charge in [0.1, 0.15) is 23.5 Å². The normalized spacial score (nSPS) is 18.3. The van der Waals surface area contributed by atoms with Crippen molar-refractivity contribution in [2.75, 3.05) is 19.9 Å². The molecule has 4 heterocycles. The van der Waals surface area contributed by atoms with Gasteiger partial charge in [0.05, 0.1) is 25.1 Å². The number of carbonyl (C=O) groups excluding carboxylic acids is 3. The van der Waals surface area contributed by atoms with Crippen molar-refractivity contribution < 1.29 is 33.0 Å². The molecule has 3 aromatic rings. The minimum atomic E-state index is -1.31. The standard InChI is InChI=1S/C25H25N3O7/c1-3-32-22(29)12-26-24(31)25(2)14-27-17(19-5-4-10-33-19)7-8-18(27)23(30)28(25)13-16-6-9-20-21(11-16)35-15-34-20/h4-11H,3,12-15H2,1-2H3,(H,26,31)/t25-/m0/s1. The summed E-state index contributed by atoms with van der Waals surface area (Å²) in [6, 6.07) is 12.5. The molecule has 1 N–H and O–H groups in total. The van der Waals surface area contributed by atoms with E-state index in [4.69, 9.17) is 18.6 Å². The van der Waals surface area contributed by atoms with Crippen molar-refractivity contribution in [1.82, 2.24) is 14.8 Å². The van der Waals surface area contributed by atoms with E-state index in [-0.39, 0.29) is 38.9 Å². The Labute approximate surface area is 201 Å². The number of esters is 1. The summed E-state index contributed by atoms with van der Waals surface area (Å²) in [6.45, 7) is 3.75. The van der Waals surface area contributed by atoms with Crippen molar-refractivity contribution in [2.24, 2.45) is 0 Å². The van der Waals surface area contributed by atoms with Crippen LogP contribution in [0.3, 0.4) is 0 Å². The second-order valence-corrected chi connectivity index (χ2v) is 8.51. The summed E-state index contributed by atoms with van der Waals surface area (Å²) in [6.07, 6.45) is 1.55. The number of rotatable bonds is 7. The topological polar surface area (TPSA) is 112 Å². The molecule has 0 aliphatic carbocycles. The number of furan rings is 1. The van der Waals surface area contributed by atoms with Crippen LogP contribution < -0.4 is 14.8 Å². The van der Waals surface area contributed by atoms with Crippen LogP contribution in [0, 0.1) is 0 Å². The fourth-order valence-electron chi connectivity index (χ4n) is 4.44. The molecule has 0 bridgehead atoms. The highest BCUT2D eigenvalue weighted by Crippen LogP contribution is 2.36. The summed E-state index contributed by atoms with van der Waals surface area (Å²) in [5.74, 6) is 0.466. The number of amides is 2. The first-order valence-electron chi connectivity index (χ1n) is 11.3. The largest absolute Gasteiger partial charge is 0.465 e. The maximum absolute atomic E-state index is 13.7. The first-order valence-corrected chi connectivity index (χ1v) is 11.3. The van der Waals surface area contributed by atoms with Gasteiger partial charge < -0.3 is 33.4 Å². The lowest BCUT2D eigenvalue weighted by Gasteiger charge is -2.44. The fraction of sp³-hybridized carbons (Fsp3) is 0.320. The minimum Gasteiger partial charge on any atom is -0.465 e. The van der Waals surface area contributed by atoms with E-state index in [0.29, 0.717) is 28.6 Å². The van der Waals surface area contributed by atoms with E-state index < -0.39 is 17.4 Å². The predicted octanol–water partition coefficient (Wildman–Crippen LogP) is 2.57. The Morgan fingerprint density at radius 1 is 1.11 bits per heavy atom. The number of aromatic nitrogens is 1. The van der Waals surface area contributed by atoms with Crippen molar-refractivity contribution in [3.05, 3.63) is 60.0 Å². The van der Waals surface area contributed by atoms with Gasteiger partial charge in [-0.2, -0.15) is 0 Å². The lowest BCUT2D eigenvalue weighted by atomic mass is 9.93. The molecule has 0 fully saturated rings. The SMILES string of the molecule is CCOC(=O)CNC(=O)[C@]1(C)Cn2c(ccc2-c2ccco2)C(=O)N1Cc1ccc2c(c1)OCO2. The molecule has 5 rings (SSSR count). The van der Waals surface area contributed by atoms with Gasteiger partial charge in [-0.05, 0) is 55.8 Å². The first-order chi connectivity index (χ1) is 16.9. The van der Waals surface area contributed by atoms with Gasteiger partial charge >= 0.3 is 5.97 Å². The highest BCUT2D eigenvalue weighted by Gasteiger charge is 2.48. The van der Waals surface area contributed by atoms with Gasteiger partial charge in [0.2, 0.25) is 12.7 Å². The lowest BCUT2D eigenvalue weighted by Crippen LogP contribution is -2.64. The monoisotopic (exact) mass is 479 g/mol. The Kier molecular flexibility index (Phi) is 5.72. The average molecular weight is 479 g/mol. The zero-order chi connectivity index (χ0) is 24.6. The number of hydrogen-bond acceptors (Lipinski definition) is 7. The summed E-state index contributed by atoms with van der Waals surface area (Å²) in [4.78, 5) is 40.6. The molecule has 1 atom stereocenters. The predicted molar refractivity (Wildman–Crippen MR) is 123 cm³/mol. The molecular weight excluding hydrogens is 454 g/mol. The third-order valence-electron chi connectivity index (χ3n) is 6.25. The number of benzene rings is 1. The summed E-state index contributed by atoms with van der Waals surface area (Å²) in [5.41, 5.74) is 0.587. The molecule has 2 aromatic heterocycles. The number of nitrogens with one attached hydrogen (secondary N) is 1. The Bertz CT molecular complexity index is 1280. The number of fused-ring (bicyclic) bond motifs is 2. The number of hydrogen-bond donors (Lipinski definition) is 1. The van der Waals surface area contributed by atoms with Crippen LogP contribution in [0.4, 0.5) is 0 Å². The Morgan fingerprint density at radius 2 is 1.91 bits per heavy atom. The molecule has 2 amide bonds. The van der Waals surface area contributed by atoms with Gasteiger partial charge in [-0.3, -0.25) is 14.4 Å². The van der Waals surface area contributed by atoms with Gasteiger partial charge in [-0.1, -0.05) is 6.07 Å². The van der Waals surface area contributed by atoms with E-state index in [2.05, 4.69) is 5.32 Å². The fourth-order valence-corrected chi connectivity index (χ4v) is 4.44. The van der Waals surface area contributed by atoms with E-state index in [1.54, 1.807) is 61.1 Å². The Balaban J connectivity index is 1.50. The van der Waals surface area contributed by atoms with Crippen LogP contribution in [0.15, 0.2) is 53.1 Å². The van der Waals surface area contributed by atoms with Crippen molar-refractivity contribution in [3.63, 3.8) is 0 Å². The van der Waals surface area contributed by atoms with Crippen LogP contribution in [-0.2, 0) is 27.4 Å². The van der Waals surface area contributed by atoms with E-state index in [1.807, 2.05) is 6.07 Å². The quantitative estimate of drug-likeness (QED) is 0.519. The molecule has 0 saturated heterocycles. The van der Waals surface area contributed by atoms with Gasteiger partial charge in [-0.15, -0.1) is 0 Å². The van der Waals surface area contributed by atoms with Crippen LogP contribution in [0.5, 0.6) is 11.5 Å². The third kappa shape index (κ3) is 4.01. The molecule has 35 heavy (non-hydrogen) atoms. The van der Waals surface area contributed by atoms with E-state index in [9.17, 15) is 14.4 Å². The molecule has 0 saturated carbocycles. The van der Waals surface area contributed by atoms with Crippen molar-refractivity contribution in [1.29, 1.82) is 0 Å². The van der Waals surface area contributed by atoms with Crippen LogP contribution in [0.1, 0.15) is 29.9 Å². The second-order valence-electron chi connectivity index (χ2n) is 8.51. The van der Waals surface area contributed by atoms with Gasteiger partial charge in [0.25, 0.3) is 5.91 Å². The van der Waals surface area contributed by atoms with Crippen LogP contribution in [0.25, 0.3) is 11.5 Å². The molecule has 2 aliphatic heterocycles. The average Bonchev–Trinajstić information content (AvgIpc) is 3.60. The summed E-state index contributed by atoms with van der Waals surface area (Å²) in [5, 5.41) is 2.64. The Hall–Kier alpha value is -4.21. The molecule has 0 radical (unpaired) electrons. The third-order valence-corrected chi connectivity index (χ3v) is 6.25. The van der Waals surface area contributed by atoms with E-state index >= 15 is 0 Å². The summed E-state index contributed by atoms with van der Waals surface area (Å²) < 4.78 is 23.1. The van der Waals surface area contributed by atoms with E-state index in [0.717, 1.165) is 5.56 Å². The second kappa shape index (κ2) is 8.86. The number of nitrogens with zero attached hydrogens (tertiary/aromatic N) is 2. The molecule has 10 nitrogen and oxygen atoms in total. The molecule has 182 valence electrons. The number of ether oxygens (including phenoxy) is 3. The van der Waals surface area contributed by atoms with Gasteiger partial charge in [0, 0.05) is 6.54 Å². The van der Waals surface area contributed by atoms with Crippen molar-refractivity contribution in [3.8, 4) is 23.0 Å². The lowest BCUT2D eigenvalue weighted by molar-refractivity contribution is -0.145. The molecule has 0 spiro atoms. The maximum Gasteiger partial charge on any atom is 0.325 e. The van der Waals surface area contributed by atoms with Crippen LogP contribution >= 0.6 is 0 Å². The van der Waals surface area contributed by atoms with E-state index in [1.165, 1.54) is 4.90 Å². The van der Waals surface area contributed by atoms with Crippen LogP contribution in [-0.4, -0.2) is 52.7 Å². The zero-order valence-electron chi connectivity index (χ0n) is 19.4. The van der Waals surface area contributed by atoms with Crippen molar-refractivity contribution in [2.45, 2.75) is 32.5 Å². The molecule has 10 heteroatoms. The molecule has 2 aliphatic rings. The van der Waals surface area contributed by atoms with Crippen LogP contribution in [0.2, 0.25) is 0 Å². The van der Waals surface area contributed by atoms with Crippen molar-refractivity contribution >= 4 is 17.8 Å². The molecule has 0 unspecified atom stereocenters. The smallest absolute Gasteiger partial charge is 0.325 e. The first kappa shape index (κ1) is 22.6. The Morgan fingerprint density at radius 3 is 2.69 bits per heavy atom. The van der Waals surface area contributed by atoms with Gasteiger partial charge in [-0.25, -0.2) is 0 Å². The summed E-state index contributed by atoms with van der Waals surface area (Å²) in [7, 11) is 0. The zero-order valence-corrected chi connectivity index (χ0v) is 19.4. The summed E-state index contributed by atoms with van der Waals surface area (Å²) >= 11 is 0. The molecule has 1 aromatic carbocycles. The highest BCUT2D eigenvalue weighted by molar-refractivity contribution is 6.01. The highest BCUT2D eigenvalue weighted by atomic mass is 16.7. The minimum absolute atomic E-state index is 0.137. The number of carbonyl (C=O) groups is 3.